The van der Waals surface area contributed by atoms with Crippen LogP contribution >= 0.6 is 11.8 Å². The number of carbonyl (C=O) groups excluding carboxylic acids is 1. The molecule has 1 saturated heterocycles. The van der Waals surface area contributed by atoms with Crippen molar-refractivity contribution in [2.24, 2.45) is 0 Å². The number of hydrogen-bond acceptors (Lipinski definition) is 4. The predicted octanol–water partition coefficient (Wildman–Crippen LogP) is 3.30. The molecule has 0 bridgehead atoms. The lowest BCUT2D eigenvalue weighted by atomic mass is 10.2. The zero-order valence-electron chi connectivity index (χ0n) is 13.1. The van der Waals surface area contributed by atoms with Crippen LogP contribution in [0.15, 0.2) is 48.7 Å². The maximum absolute atomic E-state index is 12.2. The zero-order chi connectivity index (χ0) is 16.1. The maximum Gasteiger partial charge on any atom is 0.233 e. The second-order valence-electron chi connectivity index (χ2n) is 5.32. The van der Waals surface area contributed by atoms with Crippen molar-refractivity contribution < 1.29 is 9.53 Å². The number of rotatable bonds is 6. The van der Waals surface area contributed by atoms with Gasteiger partial charge in [0, 0.05) is 24.9 Å². The van der Waals surface area contributed by atoms with Crippen molar-refractivity contribution in [3.63, 3.8) is 0 Å². The van der Waals surface area contributed by atoms with Crippen molar-refractivity contribution in [1.82, 2.24) is 9.88 Å². The highest BCUT2D eigenvalue weighted by Crippen LogP contribution is 2.39. The van der Waals surface area contributed by atoms with Crippen LogP contribution < -0.4 is 4.74 Å². The Kier molecular flexibility index (Phi) is 5.18. The van der Waals surface area contributed by atoms with Gasteiger partial charge in [0.25, 0.3) is 0 Å². The number of nitrogens with zero attached hydrogens (tertiary/aromatic N) is 2. The quantitative estimate of drug-likeness (QED) is 0.816. The van der Waals surface area contributed by atoms with E-state index in [-0.39, 0.29) is 11.3 Å². The second-order valence-corrected chi connectivity index (χ2v) is 6.39. The Bertz CT molecular complexity index is 646. The van der Waals surface area contributed by atoms with E-state index in [2.05, 4.69) is 17.1 Å². The summed E-state index contributed by atoms with van der Waals surface area (Å²) in [6.07, 6.45) is 2.57. The summed E-state index contributed by atoms with van der Waals surface area (Å²) in [7, 11) is 0. The fourth-order valence-corrected chi connectivity index (χ4v) is 3.87. The van der Waals surface area contributed by atoms with Crippen LogP contribution in [-0.4, -0.2) is 34.7 Å². The molecule has 0 radical (unpaired) electrons. The van der Waals surface area contributed by atoms with Crippen LogP contribution in [0.5, 0.6) is 5.75 Å². The number of pyridine rings is 1. The lowest BCUT2D eigenvalue weighted by Crippen LogP contribution is -2.30. The number of aromatic nitrogens is 1. The van der Waals surface area contributed by atoms with E-state index in [0.29, 0.717) is 18.9 Å². The van der Waals surface area contributed by atoms with Gasteiger partial charge in [-0.05, 0) is 36.8 Å². The fraction of sp³-hybridized carbons (Fsp3) is 0.333. The lowest BCUT2D eigenvalue weighted by molar-refractivity contribution is -0.128. The molecule has 1 aliphatic heterocycles. The van der Waals surface area contributed by atoms with Crippen molar-refractivity contribution >= 4 is 17.7 Å². The maximum atomic E-state index is 12.2. The smallest absolute Gasteiger partial charge is 0.233 e. The van der Waals surface area contributed by atoms with E-state index in [1.165, 1.54) is 0 Å². The van der Waals surface area contributed by atoms with Gasteiger partial charge in [0.05, 0.1) is 12.4 Å². The highest BCUT2D eigenvalue weighted by Gasteiger charge is 2.32. The van der Waals surface area contributed by atoms with Gasteiger partial charge < -0.3 is 9.64 Å². The Balaban J connectivity index is 1.69. The van der Waals surface area contributed by atoms with Gasteiger partial charge in [0.1, 0.15) is 11.1 Å². The van der Waals surface area contributed by atoms with Gasteiger partial charge in [-0.15, -0.1) is 11.8 Å². The van der Waals surface area contributed by atoms with Gasteiger partial charge in [-0.2, -0.15) is 0 Å². The van der Waals surface area contributed by atoms with Gasteiger partial charge in [0.15, 0.2) is 0 Å². The molecule has 1 amide bonds. The highest BCUT2D eigenvalue weighted by molar-refractivity contribution is 8.00. The normalized spacial score (nSPS) is 17.5. The molecule has 0 N–H and O–H groups in total. The predicted molar refractivity (Wildman–Crippen MR) is 92.5 cm³/mol. The standard InChI is InChI=1S/C18H20N2O2S/c1-2-22-16-8-6-14(7-9-16)18-20(17(21)13-23-18)12-10-15-5-3-4-11-19-15/h3-9,11,18H,2,10,12-13H2,1H3. The summed E-state index contributed by atoms with van der Waals surface area (Å²) in [6.45, 7) is 3.33. The summed E-state index contributed by atoms with van der Waals surface area (Å²) in [4.78, 5) is 18.5. The Hall–Kier alpha value is -2.01. The molecule has 2 aromatic rings. The van der Waals surface area contributed by atoms with Crippen molar-refractivity contribution in [3.8, 4) is 5.75 Å². The molecule has 23 heavy (non-hydrogen) atoms. The van der Waals surface area contributed by atoms with Gasteiger partial charge in [-0.1, -0.05) is 18.2 Å². The van der Waals surface area contributed by atoms with E-state index in [0.717, 1.165) is 23.4 Å². The third kappa shape index (κ3) is 3.85. The minimum atomic E-state index is 0.0851. The van der Waals surface area contributed by atoms with Gasteiger partial charge in [-0.25, -0.2) is 0 Å². The number of benzene rings is 1. The highest BCUT2D eigenvalue weighted by atomic mass is 32.2. The molecule has 0 saturated carbocycles. The molecule has 1 aromatic heterocycles. The molecule has 120 valence electrons. The monoisotopic (exact) mass is 328 g/mol. The summed E-state index contributed by atoms with van der Waals surface area (Å²) in [5.74, 6) is 1.61. The number of thioether (sulfide) groups is 1. The first-order valence-corrected chi connectivity index (χ1v) is 8.86. The molecule has 3 rings (SSSR count). The molecule has 5 heteroatoms. The summed E-state index contributed by atoms with van der Waals surface area (Å²) in [5.41, 5.74) is 2.16. The third-order valence-corrected chi connectivity index (χ3v) is 5.04. The number of carbonyl (C=O) groups is 1. The molecule has 4 nitrogen and oxygen atoms in total. The number of ether oxygens (including phenoxy) is 1. The van der Waals surface area contributed by atoms with Crippen LogP contribution in [-0.2, 0) is 11.2 Å². The fourth-order valence-electron chi connectivity index (χ4n) is 2.65. The van der Waals surface area contributed by atoms with Gasteiger partial charge in [0.2, 0.25) is 5.91 Å². The molecule has 2 heterocycles. The molecule has 0 aliphatic carbocycles. The van der Waals surface area contributed by atoms with Crippen LogP contribution in [0.4, 0.5) is 0 Å². The minimum absolute atomic E-state index is 0.0851. The number of hydrogen-bond donors (Lipinski definition) is 0. The average molecular weight is 328 g/mol. The molecular formula is C18H20N2O2S. The first kappa shape index (κ1) is 15.9. The Labute approximate surface area is 140 Å². The summed E-state index contributed by atoms with van der Waals surface area (Å²) < 4.78 is 5.48. The van der Waals surface area contributed by atoms with E-state index < -0.39 is 0 Å². The van der Waals surface area contributed by atoms with Gasteiger partial charge in [-0.3, -0.25) is 9.78 Å². The third-order valence-electron chi connectivity index (χ3n) is 3.78. The van der Waals surface area contributed by atoms with Crippen LogP contribution in [0.2, 0.25) is 0 Å². The molecule has 0 spiro atoms. The SMILES string of the molecule is CCOc1ccc(C2SCC(=O)N2CCc2ccccn2)cc1. The van der Waals surface area contributed by atoms with E-state index in [1.54, 1.807) is 18.0 Å². The summed E-state index contributed by atoms with van der Waals surface area (Å²) in [6, 6.07) is 13.9. The Morgan fingerprint density at radius 3 is 2.78 bits per heavy atom. The van der Waals surface area contributed by atoms with E-state index in [4.69, 9.17) is 4.74 Å². The van der Waals surface area contributed by atoms with Crippen molar-refractivity contribution in [2.45, 2.75) is 18.7 Å². The molecule has 1 aliphatic rings. The van der Waals surface area contributed by atoms with Crippen molar-refractivity contribution in [3.05, 3.63) is 59.9 Å². The minimum Gasteiger partial charge on any atom is -0.494 e. The summed E-state index contributed by atoms with van der Waals surface area (Å²) in [5, 5.41) is 0.0851. The molecular weight excluding hydrogens is 308 g/mol. The first-order chi connectivity index (χ1) is 11.3. The van der Waals surface area contributed by atoms with Crippen molar-refractivity contribution in [1.29, 1.82) is 0 Å². The molecule has 1 aromatic carbocycles. The van der Waals surface area contributed by atoms with E-state index in [1.807, 2.05) is 42.2 Å². The zero-order valence-corrected chi connectivity index (χ0v) is 14.0. The van der Waals surface area contributed by atoms with Gasteiger partial charge >= 0.3 is 0 Å². The first-order valence-electron chi connectivity index (χ1n) is 7.81. The van der Waals surface area contributed by atoms with E-state index in [9.17, 15) is 4.79 Å². The Morgan fingerprint density at radius 1 is 1.26 bits per heavy atom. The molecule has 1 unspecified atom stereocenters. The Morgan fingerprint density at radius 2 is 2.09 bits per heavy atom. The second kappa shape index (κ2) is 7.51. The molecule has 1 atom stereocenters. The van der Waals surface area contributed by atoms with E-state index >= 15 is 0 Å². The largest absolute Gasteiger partial charge is 0.494 e. The van der Waals surface area contributed by atoms with Crippen LogP contribution in [0.1, 0.15) is 23.6 Å². The lowest BCUT2D eigenvalue weighted by Gasteiger charge is -2.24. The topological polar surface area (TPSA) is 42.4 Å². The molecule has 1 fully saturated rings. The van der Waals surface area contributed by atoms with Crippen LogP contribution in [0.25, 0.3) is 0 Å². The van der Waals surface area contributed by atoms with Crippen LogP contribution in [0, 0.1) is 0 Å². The van der Waals surface area contributed by atoms with Crippen molar-refractivity contribution in [2.75, 3.05) is 18.9 Å². The summed E-state index contributed by atoms with van der Waals surface area (Å²) >= 11 is 1.68. The van der Waals surface area contributed by atoms with Crippen LogP contribution in [0.3, 0.4) is 0 Å². The number of amides is 1. The average Bonchev–Trinajstić information content (AvgIpc) is 2.96.